The van der Waals surface area contributed by atoms with Crippen LogP contribution in [0.2, 0.25) is 0 Å². The summed E-state index contributed by atoms with van der Waals surface area (Å²) < 4.78 is 15.4. The van der Waals surface area contributed by atoms with Gasteiger partial charge in [-0.15, -0.1) is 0 Å². The SMILES string of the molecule is CCOC1OCC(CO)(CO)CO1. The van der Waals surface area contributed by atoms with E-state index in [1.165, 1.54) is 0 Å². The molecule has 0 spiro atoms. The third-order valence-corrected chi connectivity index (χ3v) is 2.02. The summed E-state index contributed by atoms with van der Waals surface area (Å²) in [7, 11) is 0. The first-order valence-corrected chi connectivity index (χ1v) is 4.33. The Balaban J connectivity index is 2.36. The summed E-state index contributed by atoms with van der Waals surface area (Å²) >= 11 is 0. The first-order chi connectivity index (χ1) is 6.26. The van der Waals surface area contributed by atoms with E-state index in [2.05, 4.69) is 0 Å². The molecule has 1 rings (SSSR count). The minimum Gasteiger partial charge on any atom is -0.396 e. The Morgan fingerprint density at radius 3 is 2.23 bits per heavy atom. The summed E-state index contributed by atoms with van der Waals surface area (Å²) in [4.78, 5) is 0. The minimum absolute atomic E-state index is 0.150. The zero-order chi connectivity index (χ0) is 9.73. The van der Waals surface area contributed by atoms with Crippen molar-refractivity contribution >= 4 is 0 Å². The van der Waals surface area contributed by atoms with E-state index < -0.39 is 11.9 Å². The Kier molecular flexibility index (Phi) is 4.08. The van der Waals surface area contributed by atoms with Gasteiger partial charge in [0.25, 0.3) is 6.48 Å². The molecule has 1 aliphatic rings. The second-order valence-corrected chi connectivity index (χ2v) is 3.18. The Hall–Kier alpha value is -0.200. The predicted molar refractivity (Wildman–Crippen MR) is 43.9 cm³/mol. The summed E-state index contributed by atoms with van der Waals surface area (Å²) in [6.45, 7) is 1.90. The maximum Gasteiger partial charge on any atom is 0.271 e. The smallest absolute Gasteiger partial charge is 0.271 e. The molecule has 0 aromatic rings. The molecule has 78 valence electrons. The number of aliphatic hydroxyl groups excluding tert-OH is 2. The number of hydrogen-bond donors (Lipinski definition) is 2. The monoisotopic (exact) mass is 192 g/mol. The van der Waals surface area contributed by atoms with Crippen molar-refractivity contribution in [1.82, 2.24) is 0 Å². The number of hydrogen-bond acceptors (Lipinski definition) is 5. The van der Waals surface area contributed by atoms with Crippen LogP contribution in [0.25, 0.3) is 0 Å². The normalized spacial score (nSPS) is 23.3. The predicted octanol–water partition coefficient (Wildman–Crippen LogP) is -0.676. The van der Waals surface area contributed by atoms with E-state index in [1.54, 1.807) is 0 Å². The molecule has 0 amide bonds. The van der Waals surface area contributed by atoms with Crippen LogP contribution in [-0.2, 0) is 14.2 Å². The lowest BCUT2D eigenvalue weighted by Gasteiger charge is -2.36. The van der Waals surface area contributed by atoms with E-state index in [-0.39, 0.29) is 26.4 Å². The number of ether oxygens (including phenoxy) is 3. The molecule has 13 heavy (non-hydrogen) atoms. The molecule has 5 nitrogen and oxygen atoms in total. The maximum absolute atomic E-state index is 9.00. The molecule has 0 unspecified atom stereocenters. The van der Waals surface area contributed by atoms with Gasteiger partial charge < -0.3 is 24.4 Å². The Bertz CT molecular complexity index is 135. The van der Waals surface area contributed by atoms with Crippen LogP contribution in [0.3, 0.4) is 0 Å². The zero-order valence-corrected chi connectivity index (χ0v) is 7.73. The van der Waals surface area contributed by atoms with Gasteiger partial charge in [0.2, 0.25) is 0 Å². The minimum atomic E-state index is -0.673. The van der Waals surface area contributed by atoms with E-state index in [0.29, 0.717) is 6.61 Å². The first-order valence-electron chi connectivity index (χ1n) is 4.33. The summed E-state index contributed by atoms with van der Waals surface area (Å²) in [6.07, 6.45) is 0. The van der Waals surface area contributed by atoms with E-state index >= 15 is 0 Å². The first kappa shape index (κ1) is 10.9. The van der Waals surface area contributed by atoms with Crippen LogP contribution < -0.4 is 0 Å². The Morgan fingerprint density at radius 1 is 1.31 bits per heavy atom. The molecule has 0 radical (unpaired) electrons. The van der Waals surface area contributed by atoms with E-state index in [9.17, 15) is 0 Å². The fourth-order valence-corrected chi connectivity index (χ4v) is 1.04. The second-order valence-electron chi connectivity index (χ2n) is 3.18. The average Bonchev–Trinajstić information content (AvgIpc) is 2.20. The standard InChI is InChI=1S/C8H16O5/c1-2-11-7-12-5-8(3-9,4-10)6-13-7/h7,9-10H,2-6H2,1H3. The summed E-state index contributed by atoms with van der Waals surface area (Å²) in [5, 5.41) is 18.0. The highest BCUT2D eigenvalue weighted by atomic mass is 16.8. The molecule has 1 fully saturated rings. The van der Waals surface area contributed by atoms with Gasteiger partial charge in [0, 0.05) is 6.61 Å². The Morgan fingerprint density at radius 2 is 1.85 bits per heavy atom. The molecular formula is C8H16O5. The van der Waals surface area contributed by atoms with Gasteiger partial charge in [0.05, 0.1) is 31.8 Å². The Labute approximate surface area is 77.2 Å². The fraction of sp³-hybridized carbons (Fsp3) is 1.00. The van der Waals surface area contributed by atoms with Crippen LogP contribution in [0.5, 0.6) is 0 Å². The molecule has 0 aromatic carbocycles. The van der Waals surface area contributed by atoms with Crippen molar-refractivity contribution in [3.8, 4) is 0 Å². The highest BCUT2D eigenvalue weighted by molar-refractivity contribution is 4.79. The van der Waals surface area contributed by atoms with Crippen LogP contribution in [0, 0.1) is 5.41 Å². The lowest BCUT2D eigenvalue weighted by atomic mass is 9.92. The quantitative estimate of drug-likeness (QED) is 0.618. The highest BCUT2D eigenvalue weighted by Crippen LogP contribution is 2.23. The van der Waals surface area contributed by atoms with Crippen LogP contribution in [0.4, 0.5) is 0 Å². The highest BCUT2D eigenvalue weighted by Gasteiger charge is 2.36. The van der Waals surface area contributed by atoms with Gasteiger partial charge in [-0.2, -0.15) is 0 Å². The summed E-state index contributed by atoms with van der Waals surface area (Å²) in [5.74, 6) is 0. The number of rotatable bonds is 4. The van der Waals surface area contributed by atoms with Gasteiger partial charge in [0.1, 0.15) is 0 Å². The lowest BCUT2D eigenvalue weighted by Crippen LogP contribution is -2.47. The van der Waals surface area contributed by atoms with Gasteiger partial charge in [0.15, 0.2) is 0 Å². The molecule has 5 heteroatoms. The molecule has 0 atom stereocenters. The second kappa shape index (κ2) is 4.88. The third-order valence-electron chi connectivity index (χ3n) is 2.02. The van der Waals surface area contributed by atoms with Crippen LogP contribution in [0.15, 0.2) is 0 Å². The van der Waals surface area contributed by atoms with E-state index in [4.69, 9.17) is 24.4 Å². The van der Waals surface area contributed by atoms with Crippen molar-refractivity contribution in [2.45, 2.75) is 13.4 Å². The molecule has 0 bridgehead atoms. The fourth-order valence-electron chi connectivity index (χ4n) is 1.04. The topological polar surface area (TPSA) is 68.2 Å². The molecular weight excluding hydrogens is 176 g/mol. The van der Waals surface area contributed by atoms with Crippen LogP contribution in [-0.4, -0.2) is 49.7 Å². The van der Waals surface area contributed by atoms with Crippen molar-refractivity contribution in [3.05, 3.63) is 0 Å². The van der Waals surface area contributed by atoms with E-state index in [1.807, 2.05) is 6.92 Å². The largest absolute Gasteiger partial charge is 0.396 e. The molecule has 2 N–H and O–H groups in total. The van der Waals surface area contributed by atoms with Crippen molar-refractivity contribution in [2.24, 2.45) is 5.41 Å². The van der Waals surface area contributed by atoms with Crippen LogP contribution >= 0.6 is 0 Å². The molecule has 0 aromatic heterocycles. The van der Waals surface area contributed by atoms with Gasteiger partial charge in [-0.1, -0.05) is 0 Å². The van der Waals surface area contributed by atoms with Crippen molar-refractivity contribution in [2.75, 3.05) is 33.0 Å². The van der Waals surface area contributed by atoms with Gasteiger partial charge >= 0.3 is 0 Å². The number of aliphatic hydroxyl groups is 2. The maximum atomic E-state index is 9.00. The molecule has 1 heterocycles. The molecule has 1 aliphatic heterocycles. The molecule has 1 saturated heterocycles. The lowest BCUT2D eigenvalue weighted by molar-refractivity contribution is -0.342. The van der Waals surface area contributed by atoms with E-state index in [0.717, 1.165) is 0 Å². The zero-order valence-electron chi connectivity index (χ0n) is 7.73. The third kappa shape index (κ3) is 2.62. The van der Waals surface area contributed by atoms with Gasteiger partial charge in [-0.25, -0.2) is 0 Å². The van der Waals surface area contributed by atoms with Gasteiger partial charge in [-0.05, 0) is 6.92 Å². The van der Waals surface area contributed by atoms with Crippen molar-refractivity contribution in [3.63, 3.8) is 0 Å². The van der Waals surface area contributed by atoms with Crippen molar-refractivity contribution in [1.29, 1.82) is 0 Å². The average molecular weight is 192 g/mol. The molecule has 0 aliphatic carbocycles. The van der Waals surface area contributed by atoms with Crippen LogP contribution in [0.1, 0.15) is 6.92 Å². The molecule has 0 saturated carbocycles. The summed E-state index contributed by atoms with van der Waals surface area (Å²) in [6, 6.07) is 0. The van der Waals surface area contributed by atoms with Gasteiger partial charge in [-0.3, -0.25) is 0 Å². The summed E-state index contributed by atoms with van der Waals surface area (Å²) in [5.41, 5.74) is -0.673. The van der Waals surface area contributed by atoms with Crippen molar-refractivity contribution < 1.29 is 24.4 Å².